The van der Waals surface area contributed by atoms with Gasteiger partial charge in [-0.05, 0) is 37.6 Å². The second-order valence-corrected chi connectivity index (χ2v) is 5.99. The van der Waals surface area contributed by atoms with E-state index in [0.717, 1.165) is 16.5 Å². The Morgan fingerprint density at radius 3 is 2.85 bits per heavy atom. The van der Waals surface area contributed by atoms with Crippen LogP contribution in [0.1, 0.15) is 23.0 Å². The molecule has 3 aromatic heterocycles. The lowest BCUT2D eigenvalue weighted by Gasteiger charge is -2.02. The summed E-state index contributed by atoms with van der Waals surface area (Å²) in [6.45, 7) is 3.97. The number of pyridine rings is 2. The van der Waals surface area contributed by atoms with Crippen molar-refractivity contribution in [2.75, 3.05) is 6.61 Å². The number of carbonyl (C=O) groups is 1. The fraction of sp³-hybridized carbons (Fsp3) is 0.150. The van der Waals surface area contributed by atoms with E-state index in [4.69, 9.17) is 4.74 Å². The van der Waals surface area contributed by atoms with Gasteiger partial charge in [-0.1, -0.05) is 24.3 Å². The highest BCUT2D eigenvalue weighted by molar-refractivity contribution is 5.93. The molecule has 0 saturated carbocycles. The summed E-state index contributed by atoms with van der Waals surface area (Å²) in [5, 5.41) is 9.66. The largest absolute Gasteiger partial charge is 0.461 e. The van der Waals surface area contributed by atoms with Crippen LogP contribution in [0.5, 0.6) is 0 Å². The fourth-order valence-corrected chi connectivity index (χ4v) is 2.84. The Kier molecular flexibility index (Phi) is 4.33. The standard InChI is InChI=1S/C20H17N5O2/c1-3-27-20(26)18-19(25-12-13(2)9-10-16(25)22-18)24-23-15-8-4-6-14-7-5-11-21-17(14)15/h4-12H,3H2,1-2H3. The van der Waals surface area contributed by atoms with Crippen LogP contribution in [0, 0.1) is 6.92 Å². The molecule has 7 heteroatoms. The summed E-state index contributed by atoms with van der Waals surface area (Å²) in [4.78, 5) is 21.1. The maximum Gasteiger partial charge on any atom is 0.360 e. The maximum absolute atomic E-state index is 12.3. The lowest BCUT2D eigenvalue weighted by molar-refractivity contribution is 0.0521. The van der Waals surface area contributed by atoms with Gasteiger partial charge in [-0.25, -0.2) is 9.78 Å². The van der Waals surface area contributed by atoms with Crippen LogP contribution in [0.25, 0.3) is 16.6 Å². The van der Waals surface area contributed by atoms with Gasteiger partial charge in [0.1, 0.15) is 11.3 Å². The zero-order valence-electron chi connectivity index (χ0n) is 15.0. The first-order valence-electron chi connectivity index (χ1n) is 8.58. The molecule has 0 aliphatic heterocycles. The number of rotatable bonds is 4. The van der Waals surface area contributed by atoms with Gasteiger partial charge in [0.2, 0.25) is 0 Å². The number of esters is 1. The Morgan fingerprint density at radius 1 is 1.15 bits per heavy atom. The Labute approximate surface area is 155 Å². The average Bonchev–Trinajstić information content (AvgIpc) is 3.04. The SMILES string of the molecule is CCOC(=O)c1nc2ccc(C)cn2c1N=Nc1cccc2cccnc12. The molecule has 4 aromatic rings. The van der Waals surface area contributed by atoms with Crippen LogP contribution in [0.15, 0.2) is 65.1 Å². The van der Waals surface area contributed by atoms with Gasteiger partial charge in [0.25, 0.3) is 0 Å². The van der Waals surface area contributed by atoms with Gasteiger partial charge in [-0.2, -0.15) is 0 Å². The van der Waals surface area contributed by atoms with E-state index >= 15 is 0 Å². The fourth-order valence-electron chi connectivity index (χ4n) is 2.84. The molecule has 0 aliphatic rings. The third kappa shape index (κ3) is 3.15. The van der Waals surface area contributed by atoms with Crippen LogP contribution in [-0.4, -0.2) is 26.9 Å². The molecule has 1 aromatic carbocycles. The molecule has 0 aliphatic carbocycles. The molecule has 3 heterocycles. The molecule has 7 nitrogen and oxygen atoms in total. The Morgan fingerprint density at radius 2 is 2.00 bits per heavy atom. The minimum atomic E-state index is -0.524. The summed E-state index contributed by atoms with van der Waals surface area (Å²) >= 11 is 0. The van der Waals surface area contributed by atoms with Crippen molar-refractivity contribution in [2.45, 2.75) is 13.8 Å². The number of azo groups is 1. The molecule has 134 valence electrons. The van der Waals surface area contributed by atoms with Crippen LogP contribution < -0.4 is 0 Å². The summed E-state index contributed by atoms with van der Waals surface area (Å²) in [5.41, 5.74) is 3.11. The number of nitrogens with zero attached hydrogens (tertiary/aromatic N) is 5. The third-order valence-electron chi connectivity index (χ3n) is 4.07. The minimum Gasteiger partial charge on any atom is -0.461 e. The highest BCUT2D eigenvalue weighted by atomic mass is 16.5. The van der Waals surface area contributed by atoms with Gasteiger partial charge in [0.05, 0.1) is 12.1 Å². The zero-order valence-corrected chi connectivity index (χ0v) is 15.0. The third-order valence-corrected chi connectivity index (χ3v) is 4.07. The van der Waals surface area contributed by atoms with Gasteiger partial charge in [-0.3, -0.25) is 9.38 Å². The number of hydrogen-bond acceptors (Lipinski definition) is 6. The molecule has 4 rings (SSSR count). The van der Waals surface area contributed by atoms with Crippen molar-refractivity contribution in [3.63, 3.8) is 0 Å². The van der Waals surface area contributed by atoms with Crippen LogP contribution in [0.2, 0.25) is 0 Å². The summed E-state index contributed by atoms with van der Waals surface area (Å²) < 4.78 is 6.86. The van der Waals surface area contributed by atoms with Crippen LogP contribution in [0.4, 0.5) is 11.5 Å². The normalized spacial score (nSPS) is 11.5. The van der Waals surface area contributed by atoms with E-state index < -0.39 is 5.97 Å². The van der Waals surface area contributed by atoms with Crippen LogP contribution >= 0.6 is 0 Å². The van der Waals surface area contributed by atoms with Crippen molar-refractivity contribution in [2.24, 2.45) is 10.2 Å². The van der Waals surface area contributed by atoms with E-state index in [1.807, 2.05) is 55.6 Å². The molecular formula is C20H17N5O2. The van der Waals surface area contributed by atoms with Gasteiger partial charge < -0.3 is 4.74 Å². The number of aromatic nitrogens is 3. The monoisotopic (exact) mass is 359 g/mol. The van der Waals surface area contributed by atoms with Crippen LogP contribution in [-0.2, 0) is 4.74 Å². The quantitative estimate of drug-likeness (QED) is 0.388. The number of ether oxygens (including phenoxy) is 1. The maximum atomic E-state index is 12.3. The topological polar surface area (TPSA) is 81.2 Å². The molecule has 0 atom stereocenters. The molecule has 27 heavy (non-hydrogen) atoms. The summed E-state index contributed by atoms with van der Waals surface area (Å²) in [6.07, 6.45) is 3.57. The molecule has 0 unspecified atom stereocenters. The number of fused-ring (bicyclic) bond motifs is 2. The summed E-state index contributed by atoms with van der Waals surface area (Å²) in [6, 6.07) is 13.3. The zero-order chi connectivity index (χ0) is 18.8. The first-order valence-corrected chi connectivity index (χ1v) is 8.58. The van der Waals surface area contributed by atoms with E-state index in [1.165, 1.54) is 0 Å². The van der Waals surface area contributed by atoms with Gasteiger partial charge >= 0.3 is 5.97 Å². The first kappa shape index (κ1) is 16.8. The van der Waals surface area contributed by atoms with Crippen molar-refractivity contribution in [3.8, 4) is 0 Å². The van der Waals surface area contributed by atoms with E-state index in [9.17, 15) is 4.79 Å². The molecule has 0 amide bonds. The van der Waals surface area contributed by atoms with E-state index in [1.54, 1.807) is 17.5 Å². The van der Waals surface area contributed by atoms with Crippen molar-refractivity contribution in [1.82, 2.24) is 14.4 Å². The van der Waals surface area contributed by atoms with Crippen molar-refractivity contribution >= 4 is 34.0 Å². The smallest absolute Gasteiger partial charge is 0.360 e. The summed E-state index contributed by atoms with van der Waals surface area (Å²) in [7, 11) is 0. The van der Waals surface area contributed by atoms with E-state index in [-0.39, 0.29) is 12.3 Å². The first-order chi connectivity index (χ1) is 13.2. The highest BCUT2D eigenvalue weighted by Crippen LogP contribution is 2.28. The van der Waals surface area contributed by atoms with Crippen molar-refractivity contribution in [1.29, 1.82) is 0 Å². The van der Waals surface area contributed by atoms with E-state index in [2.05, 4.69) is 20.2 Å². The number of imidazole rings is 1. The molecule has 0 radical (unpaired) electrons. The lowest BCUT2D eigenvalue weighted by atomic mass is 10.2. The Balaban J connectivity index is 1.86. The minimum absolute atomic E-state index is 0.138. The molecule has 0 spiro atoms. The van der Waals surface area contributed by atoms with Gasteiger partial charge in [0.15, 0.2) is 11.5 Å². The highest BCUT2D eigenvalue weighted by Gasteiger charge is 2.20. The van der Waals surface area contributed by atoms with Crippen molar-refractivity contribution in [3.05, 3.63) is 66.1 Å². The second kappa shape index (κ2) is 6.95. The molecule has 0 saturated heterocycles. The van der Waals surface area contributed by atoms with Crippen molar-refractivity contribution < 1.29 is 9.53 Å². The van der Waals surface area contributed by atoms with Crippen LogP contribution in [0.3, 0.4) is 0 Å². The predicted molar refractivity (Wildman–Crippen MR) is 102 cm³/mol. The Hall–Kier alpha value is -3.61. The number of benzene rings is 1. The molecule has 0 fully saturated rings. The second-order valence-electron chi connectivity index (χ2n) is 5.99. The predicted octanol–water partition coefficient (Wildman–Crippen LogP) is 4.78. The number of para-hydroxylation sites is 1. The molecular weight excluding hydrogens is 342 g/mol. The molecule has 0 bridgehead atoms. The lowest BCUT2D eigenvalue weighted by Crippen LogP contribution is -2.05. The number of hydrogen-bond donors (Lipinski definition) is 0. The molecule has 0 N–H and O–H groups in total. The van der Waals surface area contributed by atoms with E-state index in [0.29, 0.717) is 17.2 Å². The van der Waals surface area contributed by atoms with Gasteiger partial charge in [-0.15, -0.1) is 10.2 Å². The number of carbonyl (C=O) groups excluding carboxylic acids is 1. The van der Waals surface area contributed by atoms with Gasteiger partial charge in [0, 0.05) is 17.8 Å². The Bertz CT molecular complexity index is 1170. The average molecular weight is 359 g/mol. The summed E-state index contributed by atoms with van der Waals surface area (Å²) in [5.74, 6) is -0.191. The number of aryl methyl sites for hydroxylation is 1.